The Hall–Kier alpha value is -2.30. The number of nitrogens with one attached hydrogen (secondary N) is 1. The Labute approximate surface area is 120 Å². The lowest BCUT2D eigenvalue weighted by atomic mass is 10.1. The second kappa shape index (κ2) is 6.43. The Morgan fingerprint density at radius 3 is 2.52 bits per heavy atom. The standard InChI is InChI=1S/C16H14F3NO/c1-10(12-5-6-14(18)15(19)9-12)20-16(21)8-11-3-2-4-13(17)7-11/h2-7,9-10H,8H2,1H3,(H,20,21). The predicted octanol–water partition coefficient (Wildman–Crippen LogP) is 3.52. The number of carbonyl (C=O) groups excluding carboxylic acids is 1. The topological polar surface area (TPSA) is 29.1 Å². The molecule has 5 heteroatoms. The molecule has 0 saturated carbocycles. The zero-order valence-corrected chi connectivity index (χ0v) is 11.4. The van der Waals surface area contributed by atoms with Crippen molar-refractivity contribution in [2.75, 3.05) is 0 Å². The minimum atomic E-state index is -0.960. The molecular formula is C16H14F3NO. The van der Waals surface area contributed by atoms with E-state index >= 15 is 0 Å². The number of hydrogen-bond donors (Lipinski definition) is 1. The number of amides is 1. The fourth-order valence-electron chi connectivity index (χ4n) is 1.99. The van der Waals surface area contributed by atoms with Gasteiger partial charge in [0.25, 0.3) is 0 Å². The molecule has 110 valence electrons. The summed E-state index contributed by atoms with van der Waals surface area (Å²) in [6.45, 7) is 1.66. The third-order valence-corrected chi connectivity index (χ3v) is 3.07. The molecule has 0 aliphatic carbocycles. The van der Waals surface area contributed by atoms with Crippen molar-refractivity contribution < 1.29 is 18.0 Å². The number of benzene rings is 2. The quantitative estimate of drug-likeness (QED) is 0.918. The Bertz CT molecular complexity index is 658. The Morgan fingerprint density at radius 2 is 1.86 bits per heavy atom. The second-order valence-corrected chi connectivity index (χ2v) is 4.77. The lowest BCUT2D eigenvalue weighted by Crippen LogP contribution is -2.28. The Morgan fingerprint density at radius 1 is 1.10 bits per heavy atom. The van der Waals surface area contributed by atoms with Crippen LogP contribution in [0.4, 0.5) is 13.2 Å². The summed E-state index contributed by atoms with van der Waals surface area (Å²) >= 11 is 0. The first kappa shape index (κ1) is 15.1. The number of halogens is 3. The molecule has 2 nitrogen and oxygen atoms in total. The van der Waals surface area contributed by atoms with Crippen molar-refractivity contribution >= 4 is 5.91 Å². The van der Waals surface area contributed by atoms with E-state index in [1.807, 2.05) is 0 Å². The van der Waals surface area contributed by atoms with Crippen LogP contribution in [0.25, 0.3) is 0 Å². The minimum Gasteiger partial charge on any atom is -0.349 e. The van der Waals surface area contributed by atoms with Gasteiger partial charge in [-0.25, -0.2) is 13.2 Å². The zero-order chi connectivity index (χ0) is 15.4. The normalized spacial score (nSPS) is 12.0. The molecule has 0 aromatic heterocycles. The van der Waals surface area contributed by atoms with Crippen LogP contribution >= 0.6 is 0 Å². The second-order valence-electron chi connectivity index (χ2n) is 4.77. The highest BCUT2D eigenvalue weighted by Crippen LogP contribution is 2.16. The Kier molecular flexibility index (Phi) is 4.62. The summed E-state index contributed by atoms with van der Waals surface area (Å²) < 4.78 is 39.0. The molecule has 1 atom stereocenters. The lowest BCUT2D eigenvalue weighted by molar-refractivity contribution is -0.121. The fraction of sp³-hybridized carbons (Fsp3) is 0.188. The summed E-state index contributed by atoms with van der Waals surface area (Å²) in [5.74, 6) is -2.62. The number of rotatable bonds is 4. The molecule has 2 aromatic carbocycles. The van der Waals surface area contributed by atoms with Crippen LogP contribution in [-0.2, 0) is 11.2 Å². The Balaban J connectivity index is 2.00. The van der Waals surface area contributed by atoms with E-state index in [0.29, 0.717) is 11.1 Å². The van der Waals surface area contributed by atoms with Gasteiger partial charge in [0, 0.05) is 0 Å². The van der Waals surface area contributed by atoms with Crippen molar-refractivity contribution in [3.8, 4) is 0 Å². The summed E-state index contributed by atoms with van der Waals surface area (Å²) in [4.78, 5) is 11.9. The molecule has 0 aliphatic rings. The maximum Gasteiger partial charge on any atom is 0.224 e. The highest BCUT2D eigenvalue weighted by Gasteiger charge is 2.12. The zero-order valence-electron chi connectivity index (χ0n) is 11.4. The molecule has 0 aliphatic heterocycles. The van der Waals surface area contributed by atoms with E-state index in [-0.39, 0.29) is 12.3 Å². The largest absolute Gasteiger partial charge is 0.349 e. The van der Waals surface area contributed by atoms with E-state index in [1.54, 1.807) is 13.0 Å². The van der Waals surface area contributed by atoms with Gasteiger partial charge in [-0.2, -0.15) is 0 Å². The van der Waals surface area contributed by atoms with Gasteiger partial charge in [0.2, 0.25) is 5.91 Å². The number of hydrogen-bond acceptors (Lipinski definition) is 1. The maximum atomic E-state index is 13.1. The summed E-state index contributed by atoms with van der Waals surface area (Å²) in [6.07, 6.45) is 0.0196. The highest BCUT2D eigenvalue weighted by atomic mass is 19.2. The van der Waals surface area contributed by atoms with Gasteiger partial charge in [-0.05, 0) is 42.3 Å². The smallest absolute Gasteiger partial charge is 0.224 e. The van der Waals surface area contributed by atoms with E-state index in [2.05, 4.69) is 5.32 Å². The van der Waals surface area contributed by atoms with Gasteiger partial charge in [0.05, 0.1) is 12.5 Å². The van der Waals surface area contributed by atoms with Crippen molar-refractivity contribution in [2.45, 2.75) is 19.4 Å². The molecular weight excluding hydrogens is 279 g/mol. The highest BCUT2D eigenvalue weighted by molar-refractivity contribution is 5.79. The van der Waals surface area contributed by atoms with Crippen molar-refractivity contribution in [1.29, 1.82) is 0 Å². The molecule has 0 spiro atoms. The molecule has 1 unspecified atom stereocenters. The van der Waals surface area contributed by atoms with E-state index < -0.39 is 23.5 Å². The van der Waals surface area contributed by atoms with Gasteiger partial charge in [-0.1, -0.05) is 18.2 Å². The molecule has 21 heavy (non-hydrogen) atoms. The fourth-order valence-corrected chi connectivity index (χ4v) is 1.99. The average Bonchev–Trinajstić information content (AvgIpc) is 2.41. The third-order valence-electron chi connectivity index (χ3n) is 3.07. The average molecular weight is 293 g/mol. The van der Waals surface area contributed by atoms with Crippen molar-refractivity contribution in [1.82, 2.24) is 5.32 Å². The molecule has 1 amide bonds. The molecule has 0 heterocycles. The van der Waals surface area contributed by atoms with E-state index in [0.717, 1.165) is 12.1 Å². The maximum absolute atomic E-state index is 13.1. The van der Waals surface area contributed by atoms with Crippen LogP contribution in [0.5, 0.6) is 0 Å². The van der Waals surface area contributed by atoms with Crippen molar-refractivity contribution in [2.24, 2.45) is 0 Å². The molecule has 0 fully saturated rings. The number of carbonyl (C=O) groups is 1. The van der Waals surface area contributed by atoms with Crippen LogP contribution in [0.3, 0.4) is 0 Å². The first-order valence-corrected chi connectivity index (χ1v) is 6.44. The monoisotopic (exact) mass is 293 g/mol. The van der Waals surface area contributed by atoms with Crippen LogP contribution in [0.15, 0.2) is 42.5 Å². The van der Waals surface area contributed by atoms with Crippen molar-refractivity contribution in [3.05, 3.63) is 71.0 Å². The van der Waals surface area contributed by atoms with Gasteiger partial charge in [-0.15, -0.1) is 0 Å². The summed E-state index contributed by atoms with van der Waals surface area (Å²) in [5.41, 5.74) is 1.01. The summed E-state index contributed by atoms with van der Waals surface area (Å²) in [6, 6.07) is 8.74. The van der Waals surface area contributed by atoms with Crippen LogP contribution < -0.4 is 5.32 Å². The van der Waals surface area contributed by atoms with Crippen LogP contribution in [-0.4, -0.2) is 5.91 Å². The van der Waals surface area contributed by atoms with E-state index in [1.165, 1.54) is 24.3 Å². The molecule has 1 N–H and O–H groups in total. The SMILES string of the molecule is CC(NC(=O)Cc1cccc(F)c1)c1ccc(F)c(F)c1. The van der Waals surface area contributed by atoms with E-state index in [9.17, 15) is 18.0 Å². The molecule has 0 bridgehead atoms. The molecule has 2 rings (SSSR count). The summed E-state index contributed by atoms with van der Waals surface area (Å²) in [5, 5.41) is 2.66. The van der Waals surface area contributed by atoms with Crippen LogP contribution in [0.1, 0.15) is 24.1 Å². The first-order chi connectivity index (χ1) is 9.95. The first-order valence-electron chi connectivity index (χ1n) is 6.44. The molecule has 2 aromatic rings. The minimum absolute atomic E-state index is 0.0196. The van der Waals surface area contributed by atoms with Crippen LogP contribution in [0.2, 0.25) is 0 Å². The van der Waals surface area contributed by atoms with Gasteiger partial charge in [0.15, 0.2) is 11.6 Å². The van der Waals surface area contributed by atoms with Gasteiger partial charge in [-0.3, -0.25) is 4.79 Å². The van der Waals surface area contributed by atoms with Gasteiger partial charge >= 0.3 is 0 Å². The molecule has 0 saturated heterocycles. The van der Waals surface area contributed by atoms with E-state index in [4.69, 9.17) is 0 Å². The lowest BCUT2D eigenvalue weighted by Gasteiger charge is -2.14. The van der Waals surface area contributed by atoms with Crippen LogP contribution in [0, 0.1) is 17.5 Å². The van der Waals surface area contributed by atoms with Crippen molar-refractivity contribution in [3.63, 3.8) is 0 Å². The third kappa shape index (κ3) is 4.08. The summed E-state index contributed by atoms with van der Waals surface area (Å²) in [7, 11) is 0. The predicted molar refractivity (Wildman–Crippen MR) is 73.0 cm³/mol. The van der Waals surface area contributed by atoms with Gasteiger partial charge < -0.3 is 5.32 Å². The molecule has 0 radical (unpaired) electrons. The van der Waals surface area contributed by atoms with Gasteiger partial charge in [0.1, 0.15) is 5.82 Å².